The molecule has 0 atom stereocenters. The van der Waals surface area contributed by atoms with E-state index >= 15 is 0 Å². The van der Waals surface area contributed by atoms with Crippen molar-refractivity contribution in [2.24, 2.45) is 0 Å². The first-order valence-corrected chi connectivity index (χ1v) is 15.1. The van der Waals surface area contributed by atoms with Gasteiger partial charge in [0.1, 0.15) is 0 Å². The van der Waals surface area contributed by atoms with Crippen LogP contribution in [0.2, 0.25) is 0 Å². The molecule has 0 N–H and O–H groups in total. The van der Waals surface area contributed by atoms with Crippen LogP contribution in [-0.4, -0.2) is 10.3 Å². The van der Waals surface area contributed by atoms with E-state index in [1.54, 1.807) is 27.6 Å². The SMILES string of the molecule is CCCc1cc(CCC)c(-c2c(C)c(C)c(C)c(C)c2P(C(C)(C)C)C(C)(C)C)c(CCC)c1. The Morgan fingerprint density at radius 1 is 0.559 bits per heavy atom. The fourth-order valence-electron chi connectivity index (χ4n) is 6.08. The zero-order chi connectivity index (χ0) is 26.0. The summed E-state index contributed by atoms with van der Waals surface area (Å²) in [5.41, 5.74) is 13.9. The topological polar surface area (TPSA) is 0 Å². The molecule has 0 aromatic heterocycles. The first-order valence-electron chi connectivity index (χ1n) is 13.8. The predicted molar refractivity (Wildman–Crippen MR) is 159 cm³/mol. The van der Waals surface area contributed by atoms with E-state index < -0.39 is 7.92 Å². The highest BCUT2D eigenvalue weighted by Gasteiger charge is 2.39. The van der Waals surface area contributed by atoms with Gasteiger partial charge in [0.15, 0.2) is 0 Å². The van der Waals surface area contributed by atoms with Crippen LogP contribution in [0.1, 0.15) is 121 Å². The van der Waals surface area contributed by atoms with Crippen molar-refractivity contribution >= 4 is 13.2 Å². The average Bonchev–Trinajstić information content (AvgIpc) is 2.70. The van der Waals surface area contributed by atoms with E-state index in [4.69, 9.17) is 0 Å². The minimum Gasteiger partial charge on any atom is -0.0651 e. The second-order valence-electron chi connectivity index (χ2n) is 12.4. The minimum atomic E-state index is -0.406. The van der Waals surface area contributed by atoms with E-state index in [1.165, 1.54) is 53.5 Å². The number of hydrogen-bond acceptors (Lipinski definition) is 0. The van der Waals surface area contributed by atoms with E-state index in [0.29, 0.717) is 0 Å². The van der Waals surface area contributed by atoms with Crippen LogP contribution in [0, 0.1) is 27.7 Å². The van der Waals surface area contributed by atoms with Crippen molar-refractivity contribution in [3.05, 3.63) is 51.1 Å². The highest BCUT2D eigenvalue weighted by atomic mass is 31.1. The quantitative estimate of drug-likeness (QED) is 0.330. The Balaban J connectivity index is 3.16. The van der Waals surface area contributed by atoms with Crippen molar-refractivity contribution < 1.29 is 0 Å². The Labute approximate surface area is 214 Å². The first-order chi connectivity index (χ1) is 15.7. The van der Waals surface area contributed by atoms with Crippen molar-refractivity contribution in [2.75, 3.05) is 0 Å². The third kappa shape index (κ3) is 5.98. The maximum absolute atomic E-state index is 2.56. The van der Waals surface area contributed by atoms with Gasteiger partial charge in [0.05, 0.1) is 0 Å². The van der Waals surface area contributed by atoms with Crippen molar-refractivity contribution in [1.29, 1.82) is 0 Å². The zero-order valence-corrected chi connectivity index (χ0v) is 25.7. The molecule has 0 aliphatic heterocycles. The van der Waals surface area contributed by atoms with Gasteiger partial charge in [0, 0.05) is 0 Å². The predicted octanol–water partition coefficient (Wildman–Crippen LogP) is 10.1. The highest BCUT2D eigenvalue weighted by Crippen LogP contribution is 2.61. The van der Waals surface area contributed by atoms with Crippen LogP contribution >= 0.6 is 7.92 Å². The van der Waals surface area contributed by atoms with Gasteiger partial charge in [-0.05, 0) is 113 Å². The molecule has 0 nitrogen and oxygen atoms in total. The molecular formula is C33H53P. The Bertz CT molecular complexity index is 954. The molecule has 190 valence electrons. The summed E-state index contributed by atoms with van der Waals surface area (Å²) < 4.78 is 0. The summed E-state index contributed by atoms with van der Waals surface area (Å²) in [6.45, 7) is 31.4. The van der Waals surface area contributed by atoms with Gasteiger partial charge >= 0.3 is 0 Å². The van der Waals surface area contributed by atoms with Crippen molar-refractivity contribution in [3.63, 3.8) is 0 Å². The zero-order valence-electron chi connectivity index (χ0n) is 24.8. The van der Waals surface area contributed by atoms with E-state index in [2.05, 4.69) is 102 Å². The van der Waals surface area contributed by atoms with Crippen LogP contribution < -0.4 is 5.30 Å². The van der Waals surface area contributed by atoms with Crippen LogP contribution in [-0.2, 0) is 19.3 Å². The number of benzene rings is 2. The third-order valence-corrected chi connectivity index (χ3v) is 11.1. The molecular weight excluding hydrogens is 427 g/mol. The smallest absolute Gasteiger partial charge is 0.00662 e. The van der Waals surface area contributed by atoms with Crippen LogP contribution in [0.25, 0.3) is 11.1 Å². The van der Waals surface area contributed by atoms with Crippen LogP contribution in [0.15, 0.2) is 12.1 Å². The van der Waals surface area contributed by atoms with Crippen LogP contribution in [0.5, 0.6) is 0 Å². The van der Waals surface area contributed by atoms with Gasteiger partial charge in [-0.3, -0.25) is 0 Å². The molecule has 0 aliphatic carbocycles. The van der Waals surface area contributed by atoms with Gasteiger partial charge in [0.2, 0.25) is 0 Å². The molecule has 0 fully saturated rings. The summed E-state index contributed by atoms with van der Waals surface area (Å²) in [6, 6.07) is 5.12. The maximum Gasteiger partial charge on any atom is -0.00662 e. The van der Waals surface area contributed by atoms with Gasteiger partial charge in [-0.1, -0.05) is 102 Å². The van der Waals surface area contributed by atoms with Gasteiger partial charge in [-0.2, -0.15) is 0 Å². The largest absolute Gasteiger partial charge is 0.0651 e. The van der Waals surface area contributed by atoms with E-state index in [1.807, 2.05) is 0 Å². The fourth-order valence-corrected chi connectivity index (χ4v) is 10.4. The first kappa shape index (κ1) is 29.1. The van der Waals surface area contributed by atoms with E-state index in [-0.39, 0.29) is 10.3 Å². The normalized spacial score (nSPS) is 12.6. The number of rotatable bonds is 8. The molecule has 0 unspecified atom stereocenters. The minimum absolute atomic E-state index is 0.235. The van der Waals surface area contributed by atoms with Crippen LogP contribution in [0.3, 0.4) is 0 Å². The summed E-state index contributed by atoms with van der Waals surface area (Å²) in [7, 11) is -0.406. The molecule has 34 heavy (non-hydrogen) atoms. The standard InChI is InChI=1S/C33H53P/c1-14-17-26-20-27(18-15-2)30(28(21-26)19-16-3)29-24(6)22(4)23(5)25(7)31(29)34(32(8,9)10)33(11,12)13/h20-21H,14-19H2,1-13H3. The lowest BCUT2D eigenvalue weighted by molar-refractivity contribution is 0.714. The Kier molecular flexibility index (Phi) is 9.66. The molecule has 0 radical (unpaired) electrons. The molecule has 2 rings (SSSR count). The molecule has 0 bridgehead atoms. The summed E-state index contributed by atoms with van der Waals surface area (Å²) in [5.74, 6) is 0. The highest BCUT2D eigenvalue weighted by molar-refractivity contribution is 7.69. The molecule has 0 saturated carbocycles. The summed E-state index contributed by atoms with van der Waals surface area (Å²) in [6.07, 6.45) is 7.11. The molecule has 0 saturated heterocycles. The summed E-state index contributed by atoms with van der Waals surface area (Å²) in [4.78, 5) is 0. The third-order valence-electron chi connectivity index (χ3n) is 7.41. The molecule has 2 aromatic carbocycles. The van der Waals surface area contributed by atoms with Crippen molar-refractivity contribution in [2.45, 2.75) is 139 Å². The summed E-state index contributed by atoms with van der Waals surface area (Å²) >= 11 is 0. The molecule has 0 heterocycles. The maximum atomic E-state index is 2.56. The number of hydrogen-bond donors (Lipinski definition) is 0. The Morgan fingerprint density at radius 3 is 1.35 bits per heavy atom. The molecule has 0 spiro atoms. The van der Waals surface area contributed by atoms with E-state index in [0.717, 1.165) is 12.8 Å². The van der Waals surface area contributed by atoms with E-state index in [9.17, 15) is 0 Å². The lowest BCUT2D eigenvalue weighted by atomic mass is 9.83. The lowest BCUT2D eigenvalue weighted by Gasteiger charge is -2.44. The van der Waals surface area contributed by atoms with Gasteiger partial charge in [-0.15, -0.1) is 0 Å². The summed E-state index contributed by atoms with van der Waals surface area (Å²) in [5, 5.41) is 2.15. The van der Waals surface area contributed by atoms with Crippen LogP contribution in [0.4, 0.5) is 0 Å². The van der Waals surface area contributed by atoms with Crippen molar-refractivity contribution in [1.82, 2.24) is 0 Å². The Morgan fingerprint density at radius 2 is 0.971 bits per heavy atom. The monoisotopic (exact) mass is 480 g/mol. The van der Waals surface area contributed by atoms with Gasteiger partial charge < -0.3 is 0 Å². The molecule has 1 heteroatoms. The van der Waals surface area contributed by atoms with Gasteiger partial charge in [0.25, 0.3) is 0 Å². The molecule has 2 aromatic rings. The average molecular weight is 481 g/mol. The second kappa shape index (κ2) is 11.3. The van der Waals surface area contributed by atoms with Crippen molar-refractivity contribution in [3.8, 4) is 11.1 Å². The molecule has 0 amide bonds. The molecule has 0 aliphatic rings. The number of aryl methyl sites for hydroxylation is 3. The second-order valence-corrected chi connectivity index (χ2v) is 16.2. The Hall–Kier alpha value is -1.13. The lowest BCUT2D eigenvalue weighted by Crippen LogP contribution is -2.34. The fraction of sp³-hybridized carbons (Fsp3) is 0.636. The van der Waals surface area contributed by atoms with Gasteiger partial charge in [-0.25, -0.2) is 0 Å².